The van der Waals surface area contributed by atoms with Gasteiger partial charge in [0.15, 0.2) is 0 Å². The monoisotopic (exact) mass is 318 g/mol. The molecule has 0 aromatic heterocycles. The van der Waals surface area contributed by atoms with Gasteiger partial charge in [-0.2, -0.15) is 0 Å². The summed E-state index contributed by atoms with van der Waals surface area (Å²) in [7, 11) is -0.611. The molecule has 0 heterocycles. The number of nitrogens with one attached hydrogen (secondary N) is 1. The van der Waals surface area contributed by atoms with Crippen molar-refractivity contribution in [3.8, 4) is 0 Å². The Bertz CT molecular complexity index is 558. The van der Waals surface area contributed by atoms with Crippen molar-refractivity contribution in [1.82, 2.24) is 4.31 Å². The van der Waals surface area contributed by atoms with E-state index >= 15 is 0 Å². The molecule has 20 heavy (non-hydrogen) atoms. The normalized spacial score (nSPS) is 11.6. The van der Waals surface area contributed by atoms with E-state index < -0.39 is 10.0 Å². The van der Waals surface area contributed by atoms with Crippen LogP contribution < -0.4 is 5.32 Å². The molecule has 8 heteroatoms. The third-order valence-electron chi connectivity index (χ3n) is 2.37. The summed E-state index contributed by atoms with van der Waals surface area (Å²) < 4.78 is 25.0. The van der Waals surface area contributed by atoms with E-state index in [9.17, 15) is 13.2 Å². The van der Waals surface area contributed by atoms with Gasteiger partial charge in [0.1, 0.15) is 0 Å². The van der Waals surface area contributed by atoms with Crippen molar-refractivity contribution in [3.05, 3.63) is 24.3 Å². The van der Waals surface area contributed by atoms with E-state index in [2.05, 4.69) is 5.32 Å². The molecule has 0 aliphatic rings. The number of carbonyl (C=O) groups is 1. The Hall–Kier alpha value is -1.09. The van der Waals surface area contributed by atoms with Gasteiger partial charge in [-0.25, -0.2) is 12.7 Å². The van der Waals surface area contributed by atoms with E-state index in [1.54, 1.807) is 12.1 Å². The van der Waals surface area contributed by atoms with Crippen molar-refractivity contribution in [2.75, 3.05) is 37.5 Å². The highest BCUT2D eigenvalue weighted by molar-refractivity contribution is 7.99. The number of thioether (sulfide) groups is 1. The SMILES string of the molecule is CN(C)S(=O)(=O)c1cccc(NC(=O)CSCCO)c1. The van der Waals surface area contributed by atoms with Crippen LogP contribution in [0.15, 0.2) is 29.2 Å². The largest absolute Gasteiger partial charge is 0.396 e. The Morgan fingerprint density at radius 3 is 2.70 bits per heavy atom. The molecule has 0 atom stereocenters. The molecule has 1 aromatic carbocycles. The molecule has 112 valence electrons. The van der Waals surface area contributed by atoms with Crippen LogP contribution in [0.3, 0.4) is 0 Å². The molecule has 0 bridgehead atoms. The summed E-state index contributed by atoms with van der Waals surface area (Å²) in [6.45, 7) is 0.0223. The lowest BCUT2D eigenvalue weighted by molar-refractivity contribution is -0.113. The van der Waals surface area contributed by atoms with E-state index in [4.69, 9.17) is 5.11 Å². The number of benzene rings is 1. The number of carbonyl (C=O) groups excluding carboxylic acids is 1. The lowest BCUT2D eigenvalue weighted by atomic mass is 10.3. The smallest absolute Gasteiger partial charge is 0.242 e. The van der Waals surface area contributed by atoms with Crippen LogP contribution in [0.25, 0.3) is 0 Å². The molecule has 2 N–H and O–H groups in total. The van der Waals surface area contributed by atoms with Crippen molar-refractivity contribution in [3.63, 3.8) is 0 Å². The molecule has 0 aliphatic carbocycles. The number of rotatable bonds is 7. The standard InChI is InChI=1S/C12H18N2O4S2/c1-14(2)20(17,18)11-5-3-4-10(8-11)13-12(16)9-19-7-6-15/h3-5,8,15H,6-7,9H2,1-2H3,(H,13,16). The second-order valence-corrected chi connectivity index (χ2v) is 7.40. The molecule has 0 aliphatic heterocycles. The van der Waals surface area contributed by atoms with Gasteiger partial charge in [0.25, 0.3) is 0 Å². The van der Waals surface area contributed by atoms with Crippen LogP contribution in [-0.4, -0.2) is 55.9 Å². The number of aliphatic hydroxyl groups is 1. The van der Waals surface area contributed by atoms with Gasteiger partial charge in [0.2, 0.25) is 15.9 Å². The van der Waals surface area contributed by atoms with Crippen molar-refractivity contribution in [2.24, 2.45) is 0 Å². The van der Waals surface area contributed by atoms with Crippen LogP contribution in [0.5, 0.6) is 0 Å². The summed E-state index contributed by atoms with van der Waals surface area (Å²) in [5.74, 6) is 0.469. The quantitative estimate of drug-likeness (QED) is 0.719. The first-order valence-electron chi connectivity index (χ1n) is 5.89. The summed E-state index contributed by atoms with van der Waals surface area (Å²) in [5, 5.41) is 11.3. The third kappa shape index (κ3) is 4.78. The fourth-order valence-corrected chi connectivity index (χ4v) is 2.85. The molecule has 1 amide bonds. The molecule has 0 radical (unpaired) electrons. The molecule has 0 saturated carbocycles. The predicted octanol–water partition coefficient (Wildman–Crippen LogP) is 0.601. The van der Waals surface area contributed by atoms with Crippen LogP contribution in [0.4, 0.5) is 5.69 Å². The molecule has 6 nitrogen and oxygen atoms in total. The van der Waals surface area contributed by atoms with Gasteiger partial charge in [0, 0.05) is 25.5 Å². The van der Waals surface area contributed by atoms with E-state index in [1.165, 1.54) is 38.0 Å². The minimum Gasteiger partial charge on any atom is -0.396 e. The Morgan fingerprint density at radius 1 is 1.40 bits per heavy atom. The summed E-state index contributed by atoms with van der Waals surface area (Å²) in [6.07, 6.45) is 0. The summed E-state index contributed by atoms with van der Waals surface area (Å²) >= 11 is 1.31. The number of aliphatic hydroxyl groups excluding tert-OH is 1. The van der Waals surface area contributed by atoms with Crippen LogP contribution in [-0.2, 0) is 14.8 Å². The fourth-order valence-electron chi connectivity index (χ4n) is 1.37. The minimum atomic E-state index is -3.51. The highest BCUT2D eigenvalue weighted by atomic mass is 32.2. The zero-order valence-corrected chi connectivity index (χ0v) is 13.0. The zero-order valence-electron chi connectivity index (χ0n) is 11.4. The van der Waals surface area contributed by atoms with Crippen molar-refractivity contribution < 1.29 is 18.3 Å². The van der Waals surface area contributed by atoms with Gasteiger partial charge in [0.05, 0.1) is 17.3 Å². The van der Waals surface area contributed by atoms with E-state index in [1.807, 2.05) is 0 Å². The molecular formula is C12H18N2O4S2. The van der Waals surface area contributed by atoms with Crippen LogP contribution >= 0.6 is 11.8 Å². The summed E-state index contributed by atoms with van der Waals surface area (Å²) in [4.78, 5) is 11.7. The Morgan fingerprint density at radius 2 is 2.10 bits per heavy atom. The topological polar surface area (TPSA) is 86.7 Å². The maximum atomic E-state index is 12.0. The van der Waals surface area contributed by atoms with E-state index in [0.717, 1.165) is 4.31 Å². The number of amides is 1. The van der Waals surface area contributed by atoms with Crippen molar-refractivity contribution >= 4 is 33.4 Å². The van der Waals surface area contributed by atoms with Crippen LogP contribution in [0.1, 0.15) is 0 Å². The second kappa shape index (κ2) is 7.63. The van der Waals surface area contributed by atoms with E-state index in [-0.39, 0.29) is 23.2 Å². The van der Waals surface area contributed by atoms with Gasteiger partial charge in [-0.15, -0.1) is 11.8 Å². The third-order valence-corrected chi connectivity index (χ3v) is 5.11. The average Bonchev–Trinajstić information content (AvgIpc) is 2.39. The van der Waals surface area contributed by atoms with Crippen molar-refractivity contribution in [1.29, 1.82) is 0 Å². The molecule has 0 saturated heterocycles. The Kier molecular flexibility index (Phi) is 6.47. The lowest BCUT2D eigenvalue weighted by Crippen LogP contribution is -2.22. The van der Waals surface area contributed by atoms with Gasteiger partial charge in [-0.3, -0.25) is 4.79 Å². The number of hydrogen-bond acceptors (Lipinski definition) is 5. The molecule has 1 rings (SSSR count). The lowest BCUT2D eigenvalue weighted by Gasteiger charge is -2.12. The first-order chi connectivity index (χ1) is 9.37. The van der Waals surface area contributed by atoms with Crippen molar-refractivity contribution in [2.45, 2.75) is 4.90 Å². The maximum absolute atomic E-state index is 12.0. The maximum Gasteiger partial charge on any atom is 0.242 e. The average molecular weight is 318 g/mol. The van der Waals surface area contributed by atoms with Gasteiger partial charge in [-0.05, 0) is 18.2 Å². The second-order valence-electron chi connectivity index (χ2n) is 4.14. The van der Waals surface area contributed by atoms with E-state index in [0.29, 0.717) is 11.4 Å². The van der Waals surface area contributed by atoms with Gasteiger partial charge in [-0.1, -0.05) is 6.07 Å². The van der Waals surface area contributed by atoms with Gasteiger partial charge >= 0.3 is 0 Å². The zero-order chi connectivity index (χ0) is 15.2. The number of hydrogen-bond donors (Lipinski definition) is 2. The molecule has 0 unspecified atom stereocenters. The Labute approximate surface area is 123 Å². The first-order valence-corrected chi connectivity index (χ1v) is 8.48. The number of nitrogens with zero attached hydrogens (tertiary/aromatic N) is 1. The molecule has 0 spiro atoms. The molecule has 0 fully saturated rings. The first kappa shape index (κ1) is 17.0. The van der Waals surface area contributed by atoms with Crippen LogP contribution in [0, 0.1) is 0 Å². The molecule has 1 aromatic rings. The molecular weight excluding hydrogens is 300 g/mol. The summed E-state index contributed by atoms with van der Waals surface area (Å²) in [6, 6.07) is 6.10. The van der Waals surface area contributed by atoms with Crippen LogP contribution in [0.2, 0.25) is 0 Å². The number of sulfonamides is 1. The van der Waals surface area contributed by atoms with Gasteiger partial charge < -0.3 is 10.4 Å². The minimum absolute atomic E-state index is 0.0223. The predicted molar refractivity (Wildman–Crippen MR) is 80.4 cm³/mol. The highest BCUT2D eigenvalue weighted by Gasteiger charge is 2.17. The fraction of sp³-hybridized carbons (Fsp3) is 0.417. The summed E-state index contributed by atoms with van der Waals surface area (Å²) in [5.41, 5.74) is 0.433. The number of anilines is 1. The highest BCUT2D eigenvalue weighted by Crippen LogP contribution is 2.18. The Balaban J connectivity index is 2.77.